The monoisotopic (exact) mass is 231 g/mol. The van der Waals surface area contributed by atoms with Gasteiger partial charge in [0.05, 0.1) is 0 Å². The van der Waals surface area contributed by atoms with Crippen molar-refractivity contribution >= 4 is 10.8 Å². The minimum Gasteiger partial charge on any atom is -0.467 e. The van der Waals surface area contributed by atoms with E-state index in [1.165, 1.54) is 0 Å². The zero-order chi connectivity index (χ0) is 12.3. The molecular formula is C14H17NO2. The first kappa shape index (κ1) is 11.9. The summed E-state index contributed by atoms with van der Waals surface area (Å²) in [5.41, 5.74) is 6.96. The van der Waals surface area contributed by atoms with Gasteiger partial charge in [-0.3, -0.25) is 0 Å². The minimum atomic E-state index is -0.0635. The number of fused-ring (bicyclic) bond motifs is 1. The van der Waals surface area contributed by atoms with Gasteiger partial charge >= 0.3 is 0 Å². The molecule has 0 spiro atoms. The molecule has 0 heterocycles. The number of hydrogen-bond donors (Lipinski definition) is 1. The van der Waals surface area contributed by atoms with Gasteiger partial charge < -0.3 is 15.2 Å². The Labute approximate surface area is 101 Å². The molecule has 0 saturated heterocycles. The predicted octanol–water partition coefficient (Wildman–Crippen LogP) is 2.84. The molecule has 0 unspecified atom stereocenters. The van der Waals surface area contributed by atoms with E-state index in [-0.39, 0.29) is 12.8 Å². The smallest absolute Gasteiger partial charge is 0.188 e. The molecular weight excluding hydrogens is 214 g/mol. The van der Waals surface area contributed by atoms with Crippen molar-refractivity contribution in [2.24, 2.45) is 5.73 Å². The number of ether oxygens (including phenoxy) is 2. The lowest BCUT2D eigenvalue weighted by molar-refractivity contribution is 0.0514. The van der Waals surface area contributed by atoms with Crippen molar-refractivity contribution < 1.29 is 9.47 Å². The van der Waals surface area contributed by atoms with Gasteiger partial charge in [0.25, 0.3) is 0 Å². The van der Waals surface area contributed by atoms with Gasteiger partial charge in [0, 0.05) is 24.1 Å². The molecule has 0 aliphatic heterocycles. The van der Waals surface area contributed by atoms with E-state index in [0.717, 1.165) is 22.1 Å². The fourth-order valence-electron chi connectivity index (χ4n) is 1.90. The maximum Gasteiger partial charge on any atom is 0.188 e. The van der Waals surface area contributed by atoms with Crippen LogP contribution in [0.3, 0.4) is 0 Å². The zero-order valence-electron chi connectivity index (χ0n) is 10.1. The Morgan fingerprint density at radius 3 is 2.65 bits per heavy atom. The Bertz CT molecular complexity index is 509. The fraction of sp³-hybridized carbons (Fsp3) is 0.286. The van der Waals surface area contributed by atoms with Crippen LogP contribution in [0.2, 0.25) is 0 Å². The Hall–Kier alpha value is -1.58. The summed E-state index contributed by atoms with van der Waals surface area (Å²) in [7, 11) is 1.61. The van der Waals surface area contributed by atoms with E-state index >= 15 is 0 Å². The summed E-state index contributed by atoms with van der Waals surface area (Å²) in [6.45, 7) is 2.18. The molecule has 17 heavy (non-hydrogen) atoms. The van der Waals surface area contributed by atoms with Gasteiger partial charge in [-0.15, -0.1) is 0 Å². The van der Waals surface area contributed by atoms with Crippen molar-refractivity contribution in [1.29, 1.82) is 0 Å². The van der Waals surface area contributed by atoms with E-state index in [1.807, 2.05) is 31.2 Å². The molecule has 0 amide bonds. The second-order valence-electron chi connectivity index (χ2n) is 4.04. The summed E-state index contributed by atoms with van der Waals surface area (Å²) in [6, 6.07) is 12.1. The average molecular weight is 231 g/mol. The molecule has 0 aliphatic rings. The van der Waals surface area contributed by atoms with E-state index in [0.29, 0.717) is 0 Å². The SMILES string of the molecule is COCOc1c([C@H](C)N)ccc2ccccc12. The quantitative estimate of drug-likeness (QED) is 0.823. The molecule has 2 N–H and O–H groups in total. The Morgan fingerprint density at radius 1 is 1.18 bits per heavy atom. The Kier molecular flexibility index (Phi) is 3.61. The standard InChI is InChI=1S/C14H17NO2/c1-10(15)12-8-7-11-5-3-4-6-13(11)14(12)17-9-16-2/h3-8,10H,9,15H2,1-2H3/t10-/m0/s1. The number of benzene rings is 2. The van der Waals surface area contributed by atoms with Gasteiger partial charge in [0.2, 0.25) is 0 Å². The summed E-state index contributed by atoms with van der Waals surface area (Å²) in [6.07, 6.45) is 0. The highest BCUT2D eigenvalue weighted by Crippen LogP contribution is 2.32. The van der Waals surface area contributed by atoms with Crippen molar-refractivity contribution in [2.45, 2.75) is 13.0 Å². The van der Waals surface area contributed by atoms with Crippen LogP contribution in [0.4, 0.5) is 0 Å². The first-order chi connectivity index (χ1) is 8.24. The van der Waals surface area contributed by atoms with Crippen LogP contribution in [0.5, 0.6) is 5.75 Å². The second kappa shape index (κ2) is 5.17. The van der Waals surface area contributed by atoms with Gasteiger partial charge in [0.15, 0.2) is 6.79 Å². The van der Waals surface area contributed by atoms with E-state index in [2.05, 4.69) is 12.1 Å². The molecule has 90 valence electrons. The maximum absolute atomic E-state index is 5.96. The van der Waals surface area contributed by atoms with Crippen molar-refractivity contribution in [3.05, 3.63) is 42.0 Å². The average Bonchev–Trinajstić information content (AvgIpc) is 2.35. The lowest BCUT2D eigenvalue weighted by atomic mass is 10.0. The van der Waals surface area contributed by atoms with Crippen molar-refractivity contribution in [3.63, 3.8) is 0 Å². The molecule has 1 atom stereocenters. The van der Waals surface area contributed by atoms with Gasteiger partial charge in [-0.2, -0.15) is 0 Å². The highest BCUT2D eigenvalue weighted by Gasteiger charge is 2.11. The molecule has 3 heteroatoms. The van der Waals surface area contributed by atoms with E-state index in [9.17, 15) is 0 Å². The third-order valence-electron chi connectivity index (χ3n) is 2.72. The van der Waals surface area contributed by atoms with Crippen molar-refractivity contribution in [1.82, 2.24) is 0 Å². The van der Waals surface area contributed by atoms with Crippen molar-refractivity contribution in [3.8, 4) is 5.75 Å². The number of hydrogen-bond acceptors (Lipinski definition) is 3. The highest BCUT2D eigenvalue weighted by molar-refractivity contribution is 5.89. The third kappa shape index (κ3) is 2.40. The highest BCUT2D eigenvalue weighted by atomic mass is 16.7. The second-order valence-corrected chi connectivity index (χ2v) is 4.04. The van der Waals surface area contributed by atoms with E-state index in [1.54, 1.807) is 7.11 Å². The van der Waals surface area contributed by atoms with Gasteiger partial charge in [-0.25, -0.2) is 0 Å². The number of nitrogens with two attached hydrogens (primary N) is 1. The molecule has 0 bridgehead atoms. The van der Waals surface area contributed by atoms with Crippen LogP contribution in [0, 0.1) is 0 Å². The molecule has 2 rings (SSSR count). The topological polar surface area (TPSA) is 44.5 Å². The van der Waals surface area contributed by atoms with E-state index in [4.69, 9.17) is 15.2 Å². The zero-order valence-corrected chi connectivity index (χ0v) is 10.1. The molecule has 0 fully saturated rings. The first-order valence-corrected chi connectivity index (χ1v) is 5.63. The lowest BCUT2D eigenvalue weighted by Gasteiger charge is -2.16. The van der Waals surface area contributed by atoms with Gasteiger partial charge in [-0.05, 0) is 12.3 Å². The van der Waals surface area contributed by atoms with Crippen molar-refractivity contribution in [2.75, 3.05) is 13.9 Å². The molecule has 0 aliphatic carbocycles. The predicted molar refractivity (Wildman–Crippen MR) is 69.1 cm³/mol. The van der Waals surface area contributed by atoms with Crippen LogP contribution < -0.4 is 10.5 Å². The Morgan fingerprint density at radius 2 is 1.94 bits per heavy atom. The molecule has 2 aromatic rings. The number of rotatable bonds is 4. The van der Waals surface area contributed by atoms with Crippen LogP contribution in [0.25, 0.3) is 10.8 Å². The summed E-state index contributed by atoms with van der Waals surface area (Å²) >= 11 is 0. The van der Waals surface area contributed by atoms with Crippen LogP contribution >= 0.6 is 0 Å². The summed E-state index contributed by atoms with van der Waals surface area (Å²) in [4.78, 5) is 0. The van der Waals surface area contributed by atoms with Crippen LogP contribution in [-0.2, 0) is 4.74 Å². The third-order valence-corrected chi connectivity index (χ3v) is 2.72. The van der Waals surface area contributed by atoms with Crippen LogP contribution in [0.1, 0.15) is 18.5 Å². The number of methoxy groups -OCH3 is 1. The molecule has 2 aromatic carbocycles. The van der Waals surface area contributed by atoms with Gasteiger partial charge in [-0.1, -0.05) is 36.4 Å². The van der Waals surface area contributed by atoms with Crippen LogP contribution in [-0.4, -0.2) is 13.9 Å². The largest absolute Gasteiger partial charge is 0.467 e. The summed E-state index contributed by atoms with van der Waals surface area (Å²) in [5, 5.41) is 2.21. The molecule has 0 saturated carbocycles. The Balaban J connectivity index is 2.57. The molecule has 0 radical (unpaired) electrons. The normalized spacial score (nSPS) is 12.6. The minimum absolute atomic E-state index is 0.0635. The first-order valence-electron chi connectivity index (χ1n) is 5.63. The van der Waals surface area contributed by atoms with Gasteiger partial charge in [0.1, 0.15) is 5.75 Å². The maximum atomic E-state index is 5.96. The molecule has 3 nitrogen and oxygen atoms in total. The van der Waals surface area contributed by atoms with E-state index < -0.39 is 0 Å². The summed E-state index contributed by atoms with van der Waals surface area (Å²) < 4.78 is 10.6. The van der Waals surface area contributed by atoms with Crippen LogP contribution in [0.15, 0.2) is 36.4 Å². The fourth-order valence-corrected chi connectivity index (χ4v) is 1.90. The lowest BCUT2D eigenvalue weighted by Crippen LogP contribution is -2.09. The molecule has 0 aromatic heterocycles. The summed E-state index contributed by atoms with van der Waals surface area (Å²) in [5.74, 6) is 0.819.